The van der Waals surface area contributed by atoms with E-state index < -0.39 is 23.8 Å². The van der Waals surface area contributed by atoms with Crippen LogP contribution >= 0.6 is 11.5 Å². The highest BCUT2D eigenvalue weighted by Crippen LogP contribution is 2.29. The summed E-state index contributed by atoms with van der Waals surface area (Å²) in [6.45, 7) is -1.37. The first-order valence-electron chi connectivity index (χ1n) is 7.52. The van der Waals surface area contributed by atoms with Gasteiger partial charge >= 0.3 is 6.18 Å². The van der Waals surface area contributed by atoms with Gasteiger partial charge < -0.3 is 4.98 Å². The molecule has 2 heterocycles. The third kappa shape index (κ3) is 2.80. The first kappa shape index (κ1) is 16.5. The largest absolute Gasteiger partial charge is 0.407 e. The van der Waals surface area contributed by atoms with E-state index in [9.17, 15) is 22.8 Å². The molecule has 4 aromatic rings. The molecular formula is C17H10F3N3O2S. The summed E-state index contributed by atoms with van der Waals surface area (Å²) in [7, 11) is 0. The molecule has 0 aliphatic carbocycles. The molecule has 9 heteroatoms. The molecule has 132 valence electrons. The molecule has 26 heavy (non-hydrogen) atoms. The predicted molar refractivity (Wildman–Crippen MR) is 93.5 cm³/mol. The fourth-order valence-electron chi connectivity index (χ4n) is 2.76. The van der Waals surface area contributed by atoms with Gasteiger partial charge in [-0.3, -0.25) is 13.5 Å². The molecule has 1 N–H and O–H groups in total. The van der Waals surface area contributed by atoms with E-state index in [0.717, 1.165) is 0 Å². The maximum Gasteiger partial charge on any atom is 0.407 e. The van der Waals surface area contributed by atoms with Crippen LogP contribution in [0, 0.1) is 0 Å². The predicted octanol–water partition coefficient (Wildman–Crippen LogP) is 3.53. The first-order chi connectivity index (χ1) is 12.3. The lowest BCUT2D eigenvalue weighted by atomic mass is 10.1. The van der Waals surface area contributed by atoms with Crippen LogP contribution in [-0.4, -0.2) is 20.1 Å². The Hall–Kier alpha value is -2.94. The van der Waals surface area contributed by atoms with E-state index in [1.165, 1.54) is 12.1 Å². The highest BCUT2D eigenvalue weighted by atomic mass is 32.1. The van der Waals surface area contributed by atoms with E-state index in [0.29, 0.717) is 36.8 Å². The van der Waals surface area contributed by atoms with E-state index in [1.54, 1.807) is 30.3 Å². The van der Waals surface area contributed by atoms with Crippen molar-refractivity contribution in [2.45, 2.75) is 12.7 Å². The van der Waals surface area contributed by atoms with Crippen molar-refractivity contribution >= 4 is 32.7 Å². The number of benzene rings is 2. The SMILES string of the molecule is O=c1[nH]c2ccccc2nc1-c1cccc2c(=O)n(CC(F)(F)F)sc12. The number of fused-ring (bicyclic) bond motifs is 2. The lowest BCUT2D eigenvalue weighted by molar-refractivity contribution is -0.139. The molecule has 5 nitrogen and oxygen atoms in total. The summed E-state index contributed by atoms with van der Waals surface area (Å²) in [5.41, 5.74) is 0.283. The number of rotatable bonds is 2. The monoisotopic (exact) mass is 377 g/mol. The third-order valence-corrected chi connectivity index (χ3v) is 4.99. The second-order valence-corrected chi connectivity index (χ2v) is 6.69. The minimum absolute atomic E-state index is 0.0645. The van der Waals surface area contributed by atoms with Gasteiger partial charge in [0.2, 0.25) is 0 Å². The van der Waals surface area contributed by atoms with Gasteiger partial charge in [0.25, 0.3) is 11.1 Å². The highest BCUT2D eigenvalue weighted by molar-refractivity contribution is 7.14. The van der Waals surface area contributed by atoms with E-state index in [1.807, 2.05) is 0 Å². The number of hydrogen-bond donors (Lipinski definition) is 1. The van der Waals surface area contributed by atoms with Crippen LogP contribution in [0.1, 0.15) is 0 Å². The number of nitrogens with one attached hydrogen (secondary N) is 1. The van der Waals surface area contributed by atoms with Crippen LogP contribution in [0.5, 0.6) is 0 Å². The Balaban J connectivity index is 1.98. The lowest BCUT2D eigenvalue weighted by Crippen LogP contribution is -2.23. The maximum absolute atomic E-state index is 12.7. The molecule has 0 aliphatic heterocycles. The Morgan fingerprint density at radius 2 is 1.85 bits per heavy atom. The number of aromatic amines is 1. The molecule has 0 saturated heterocycles. The Labute approximate surface area is 147 Å². The molecule has 0 saturated carbocycles. The molecule has 0 atom stereocenters. The zero-order valence-corrected chi connectivity index (χ0v) is 13.8. The van der Waals surface area contributed by atoms with Crippen molar-refractivity contribution in [1.29, 1.82) is 0 Å². The van der Waals surface area contributed by atoms with Gasteiger partial charge in [-0.1, -0.05) is 35.8 Å². The fraction of sp³-hybridized carbons (Fsp3) is 0.118. The molecule has 4 rings (SSSR count). The quantitative estimate of drug-likeness (QED) is 0.581. The second kappa shape index (κ2) is 5.80. The highest BCUT2D eigenvalue weighted by Gasteiger charge is 2.30. The molecule has 0 radical (unpaired) electrons. The molecule has 0 spiro atoms. The molecular weight excluding hydrogens is 367 g/mol. The van der Waals surface area contributed by atoms with Gasteiger partial charge in [0, 0.05) is 5.56 Å². The Morgan fingerprint density at radius 1 is 1.08 bits per heavy atom. The Kier molecular flexibility index (Phi) is 3.69. The number of hydrogen-bond acceptors (Lipinski definition) is 4. The minimum atomic E-state index is -4.51. The number of para-hydroxylation sites is 2. The minimum Gasteiger partial charge on any atom is -0.319 e. The zero-order valence-electron chi connectivity index (χ0n) is 13.0. The molecule has 0 amide bonds. The number of alkyl halides is 3. The smallest absolute Gasteiger partial charge is 0.319 e. The van der Waals surface area contributed by atoms with Gasteiger partial charge in [-0.2, -0.15) is 13.2 Å². The summed E-state index contributed by atoms with van der Waals surface area (Å²) < 4.78 is 39.0. The number of aromatic nitrogens is 3. The van der Waals surface area contributed by atoms with Crippen LogP contribution in [-0.2, 0) is 6.54 Å². The van der Waals surface area contributed by atoms with Gasteiger partial charge in [0.1, 0.15) is 12.2 Å². The second-order valence-electron chi connectivity index (χ2n) is 5.66. The maximum atomic E-state index is 12.7. The van der Waals surface area contributed by atoms with Crippen LogP contribution in [0.3, 0.4) is 0 Å². The summed E-state index contributed by atoms with van der Waals surface area (Å²) in [4.78, 5) is 31.7. The average molecular weight is 377 g/mol. The number of halogens is 3. The van der Waals surface area contributed by atoms with Crippen molar-refractivity contribution in [3.63, 3.8) is 0 Å². The summed E-state index contributed by atoms with van der Waals surface area (Å²) in [5.74, 6) is 0. The van der Waals surface area contributed by atoms with E-state index >= 15 is 0 Å². The fourth-order valence-corrected chi connectivity index (χ4v) is 3.88. The van der Waals surface area contributed by atoms with Gasteiger partial charge in [-0.05, 0) is 18.2 Å². The molecule has 0 unspecified atom stereocenters. The first-order valence-corrected chi connectivity index (χ1v) is 8.30. The Bertz CT molecular complexity index is 1250. The van der Waals surface area contributed by atoms with Crippen LogP contribution in [0.25, 0.3) is 32.4 Å². The molecule has 0 bridgehead atoms. The number of H-pyrrole nitrogens is 1. The van der Waals surface area contributed by atoms with Gasteiger partial charge in [-0.15, -0.1) is 0 Å². The number of nitrogens with zero attached hydrogens (tertiary/aromatic N) is 2. The van der Waals surface area contributed by atoms with Crippen LogP contribution in [0.2, 0.25) is 0 Å². The summed E-state index contributed by atoms with van der Waals surface area (Å²) >= 11 is 0.678. The Morgan fingerprint density at radius 3 is 2.62 bits per heavy atom. The van der Waals surface area contributed by atoms with E-state index in [2.05, 4.69) is 9.97 Å². The standard InChI is InChI=1S/C17H10F3N3O2S/c18-17(19,20)8-23-16(25)10-5-3-4-9(14(10)26-23)13-15(24)22-12-7-2-1-6-11(12)21-13/h1-7H,8H2,(H,22,24). The van der Waals surface area contributed by atoms with Gasteiger partial charge in [-0.25, -0.2) is 4.98 Å². The average Bonchev–Trinajstić information content (AvgIpc) is 2.89. The topological polar surface area (TPSA) is 67.8 Å². The van der Waals surface area contributed by atoms with Gasteiger partial charge in [0.05, 0.1) is 21.1 Å². The van der Waals surface area contributed by atoms with Crippen molar-refractivity contribution in [3.05, 3.63) is 63.2 Å². The molecule has 2 aromatic carbocycles. The normalized spacial score (nSPS) is 12.1. The van der Waals surface area contributed by atoms with Crippen LogP contribution in [0.15, 0.2) is 52.1 Å². The van der Waals surface area contributed by atoms with Crippen molar-refractivity contribution in [3.8, 4) is 11.3 Å². The van der Waals surface area contributed by atoms with Crippen molar-refractivity contribution in [1.82, 2.24) is 13.9 Å². The van der Waals surface area contributed by atoms with E-state index in [-0.39, 0.29) is 11.1 Å². The van der Waals surface area contributed by atoms with Crippen LogP contribution < -0.4 is 11.1 Å². The summed E-state index contributed by atoms with van der Waals surface area (Å²) in [6, 6.07) is 11.5. The zero-order chi connectivity index (χ0) is 18.5. The van der Waals surface area contributed by atoms with E-state index in [4.69, 9.17) is 0 Å². The van der Waals surface area contributed by atoms with Crippen molar-refractivity contribution < 1.29 is 13.2 Å². The summed E-state index contributed by atoms with van der Waals surface area (Å²) in [6.07, 6.45) is -4.51. The molecule has 0 aliphatic rings. The third-order valence-electron chi connectivity index (χ3n) is 3.85. The van der Waals surface area contributed by atoms with Crippen molar-refractivity contribution in [2.75, 3.05) is 0 Å². The van der Waals surface area contributed by atoms with Crippen LogP contribution in [0.4, 0.5) is 13.2 Å². The molecule has 2 aromatic heterocycles. The lowest BCUT2D eigenvalue weighted by Gasteiger charge is -2.05. The molecule has 0 fully saturated rings. The van der Waals surface area contributed by atoms with Gasteiger partial charge in [0.15, 0.2) is 0 Å². The van der Waals surface area contributed by atoms with Crippen molar-refractivity contribution in [2.24, 2.45) is 0 Å². The summed E-state index contributed by atoms with van der Waals surface area (Å²) in [5, 5.41) is 0.131.